The molecule has 19 heavy (non-hydrogen) atoms. The standard InChI is InChI=1S/C14H22N2O3/c15-11-2-1-3-14(8-11)19-10-13(18)9-16(6-7-17)12-4-5-12/h1-3,8,12-13,17-18H,4-7,9-10,15H2. The van der Waals surface area contributed by atoms with Gasteiger partial charge in [0.05, 0.1) is 6.61 Å². The molecule has 4 N–H and O–H groups in total. The molecule has 1 aliphatic rings. The molecule has 5 nitrogen and oxygen atoms in total. The quantitative estimate of drug-likeness (QED) is 0.596. The highest BCUT2D eigenvalue weighted by Gasteiger charge is 2.29. The average Bonchev–Trinajstić information content (AvgIpc) is 3.20. The van der Waals surface area contributed by atoms with Gasteiger partial charge in [-0.05, 0) is 25.0 Å². The normalized spacial score (nSPS) is 16.6. The maximum absolute atomic E-state index is 9.97. The van der Waals surface area contributed by atoms with E-state index >= 15 is 0 Å². The summed E-state index contributed by atoms with van der Waals surface area (Å²) in [6.45, 7) is 1.50. The molecule has 0 saturated heterocycles. The minimum Gasteiger partial charge on any atom is -0.491 e. The van der Waals surface area contributed by atoms with E-state index in [1.54, 1.807) is 12.1 Å². The highest BCUT2D eigenvalue weighted by Crippen LogP contribution is 2.26. The summed E-state index contributed by atoms with van der Waals surface area (Å²) in [5, 5.41) is 19.0. The van der Waals surface area contributed by atoms with Crippen LogP contribution in [0.5, 0.6) is 5.75 Å². The van der Waals surface area contributed by atoms with Crippen LogP contribution in [-0.2, 0) is 0 Å². The summed E-state index contributed by atoms with van der Waals surface area (Å²) in [6.07, 6.45) is 1.75. The van der Waals surface area contributed by atoms with Gasteiger partial charge in [-0.25, -0.2) is 0 Å². The van der Waals surface area contributed by atoms with E-state index in [2.05, 4.69) is 4.90 Å². The summed E-state index contributed by atoms with van der Waals surface area (Å²) in [5.41, 5.74) is 6.30. The summed E-state index contributed by atoms with van der Waals surface area (Å²) in [6, 6.07) is 7.68. The molecular formula is C14H22N2O3. The third-order valence-electron chi connectivity index (χ3n) is 3.20. The van der Waals surface area contributed by atoms with Crippen molar-refractivity contribution >= 4 is 5.69 Å². The number of hydrogen-bond donors (Lipinski definition) is 3. The topological polar surface area (TPSA) is 79.0 Å². The lowest BCUT2D eigenvalue weighted by atomic mass is 10.3. The van der Waals surface area contributed by atoms with Crippen LogP contribution in [0.3, 0.4) is 0 Å². The maximum atomic E-state index is 9.97. The number of benzene rings is 1. The minimum absolute atomic E-state index is 0.124. The summed E-state index contributed by atoms with van der Waals surface area (Å²) in [5.74, 6) is 0.666. The number of aliphatic hydroxyl groups is 2. The Kier molecular flexibility index (Phi) is 5.01. The lowest BCUT2D eigenvalue weighted by Gasteiger charge is -2.24. The van der Waals surface area contributed by atoms with Crippen molar-refractivity contribution in [3.8, 4) is 5.75 Å². The predicted molar refractivity (Wildman–Crippen MR) is 74.0 cm³/mol. The predicted octanol–water partition coefficient (Wildman–Crippen LogP) is 0.465. The van der Waals surface area contributed by atoms with Crippen molar-refractivity contribution in [1.29, 1.82) is 0 Å². The van der Waals surface area contributed by atoms with Gasteiger partial charge in [-0.15, -0.1) is 0 Å². The largest absolute Gasteiger partial charge is 0.491 e. The molecule has 1 saturated carbocycles. The molecule has 106 valence electrons. The van der Waals surface area contributed by atoms with Gasteiger partial charge >= 0.3 is 0 Å². The smallest absolute Gasteiger partial charge is 0.121 e. The zero-order valence-corrected chi connectivity index (χ0v) is 11.0. The van der Waals surface area contributed by atoms with Crippen LogP contribution in [0.2, 0.25) is 0 Å². The van der Waals surface area contributed by atoms with Crippen LogP contribution in [-0.4, -0.2) is 53.6 Å². The van der Waals surface area contributed by atoms with Gasteiger partial charge in [0.25, 0.3) is 0 Å². The molecule has 1 aromatic carbocycles. The highest BCUT2D eigenvalue weighted by atomic mass is 16.5. The van der Waals surface area contributed by atoms with Crippen LogP contribution in [0.4, 0.5) is 5.69 Å². The van der Waals surface area contributed by atoms with E-state index in [1.165, 1.54) is 0 Å². The van der Waals surface area contributed by atoms with E-state index in [1.807, 2.05) is 12.1 Å². The molecule has 1 aromatic rings. The fourth-order valence-corrected chi connectivity index (χ4v) is 2.11. The van der Waals surface area contributed by atoms with E-state index < -0.39 is 6.10 Å². The molecule has 1 aliphatic carbocycles. The molecule has 0 spiro atoms. The number of hydrogen-bond acceptors (Lipinski definition) is 5. The first kappa shape index (κ1) is 14.1. The first-order chi connectivity index (χ1) is 9.19. The van der Waals surface area contributed by atoms with Gasteiger partial charge in [0.2, 0.25) is 0 Å². The van der Waals surface area contributed by atoms with E-state index in [9.17, 15) is 5.11 Å². The zero-order valence-electron chi connectivity index (χ0n) is 11.0. The minimum atomic E-state index is -0.561. The summed E-state index contributed by atoms with van der Waals surface area (Å²) < 4.78 is 5.51. The van der Waals surface area contributed by atoms with Crippen LogP contribution >= 0.6 is 0 Å². The molecule has 0 radical (unpaired) electrons. The van der Waals surface area contributed by atoms with Crippen molar-refractivity contribution < 1.29 is 14.9 Å². The number of ether oxygens (including phenoxy) is 1. The molecule has 1 fully saturated rings. The van der Waals surface area contributed by atoms with Crippen LogP contribution in [0.15, 0.2) is 24.3 Å². The van der Waals surface area contributed by atoms with Crippen molar-refractivity contribution in [2.24, 2.45) is 0 Å². The highest BCUT2D eigenvalue weighted by molar-refractivity contribution is 5.43. The van der Waals surface area contributed by atoms with Crippen LogP contribution in [0, 0.1) is 0 Å². The third-order valence-corrected chi connectivity index (χ3v) is 3.20. The van der Waals surface area contributed by atoms with Gasteiger partial charge in [-0.2, -0.15) is 0 Å². The third kappa shape index (κ3) is 4.70. The molecule has 1 atom stereocenters. The second kappa shape index (κ2) is 6.75. The van der Waals surface area contributed by atoms with Gasteiger partial charge in [0.1, 0.15) is 18.5 Å². The van der Waals surface area contributed by atoms with Crippen LogP contribution in [0.25, 0.3) is 0 Å². The lowest BCUT2D eigenvalue weighted by molar-refractivity contribution is 0.0588. The Morgan fingerprint density at radius 3 is 2.84 bits per heavy atom. The first-order valence-electron chi connectivity index (χ1n) is 6.70. The van der Waals surface area contributed by atoms with Gasteiger partial charge < -0.3 is 20.7 Å². The van der Waals surface area contributed by atoms with Crippen molar-refractivity contribution in [2.75, 3.05) is 32.0 Å². The molecule has 1 unspecified atom stereocenters. The Morgan fingerprint density at radius 1 is 1.42 bits per heavy atom. The Hall–Kier alpha value is -1.30. The average molecular weight is 266 g/mol. The maximum Gasteiger partial charge on any atom is 0.121 e. The number of rotatable bonds is 8. The number of nitrogens with two attached hydrogens (primary N) is 1. The summed E-state index contributed by atoms with van der Waals surface area (Å²) in [7, 11) is 0. The zero-order chi connectivity index (χ0) is 13.7. The van der Waals surface area contributed by atoms with Crippen LogP contribution < -0.4 is 10.5 Å². The van der Waals surface area contributed by atoms with Crippen molar-refractivity contribution in [1.82, 2.24) is 4.90 Å². The van der Waals surface area contributed by atoms with Gasteiger partial charge in [0, 0.05) is 30.9 Å². The number of nitrogens with zero attached hydrogens (tertiary/aromatic N) is 1. The lowest BCUT2D eigenvalue weighted by Crippen LogP contribution is -2.38. The first-order valence-corrected chi connectivity index (χ1v) is 6.70. The molecule has 0 amide bonds. The second-order valence-corrected chi connectivity index (χ2v) is 4.99. The SMILES string of the molecule is Nc1cccc(OCC(O)CN(CCO)C2CC2)c1. The molecule has 0 bridgehead atoms. The summed E-state index contributed by atoms with van der Waals surface area (Å²) >= 11 is 0. The van der Waals surface area contributed by atoms with Crippen molar-refractivity contribution in [3.63, 3.8) is 0 Å². The Bertz CT molecular complexity index is 396. The number of aliphatic hydroxyl groups excluding tert-OH is 2. The van der Waals surface area contributed by atoms with E-state index in [0.717, 1.165) is 12.8 Å². The Labute approximate surface area is 113 Å². The molecular weight excluding hydrogens is 244 g/mol. The Balaban J connectivity index is 1.75. The van der Waals surface area contributed by atoms with Crippen molar-refractivity contribution in [3.05, 3.63) is 24.3 Å². The molecule has 0 aromatic heterocycles. The van der Waals surface area contributed by atoms with Gasteiger partial charge in [-0.3, -0.25) is 4.90 Å². The van der Waals surface area contributed by atoms with E-state index in [0.29, 0.717) is 30.6 Å². The molecule has 2 rings (SSSR count). The molecule has 5 heteroatoms. The fraction of sp³-hybridized carbons (Fsp3) is 0.571. The summed E-state index contributed by atoms with van der Waals surface area (Å²) in [4.78, 5) is 2.12. The van der Waals surface area contributed by atoms with E-state index in [-0.39, 0.29) is 13.2 Å². The molecule has 0 heterocycles. The number of nitrogen functional groups attached to an aromatic ring is 1. The number of anilines is 1. The monoisotopic (exact) mass is 266 g/mol. The van der Waals surface area contributed by atoms with Crippen LogP contribution in [0.1, 0.15) is 12.8 Å². The van der Waals surface area contributed by atoms with Crippen molar-refractivity contribution in [2.45, 2.75) is 25.0 Å². The molecule has 0 aliphatic heterocycles. The second-order valence-electron chi connectivity index (χ2n) is 4.99. The van der Waals surface area contributed by atoms with Gasteiger partial charge in [0.15, 0.2) is 0 Å². The Morgan fingerprint density at radius 2 is 2.21 bits per heavy atom. The van der Waals surface area contributed by atoms with E-state index in [4.69, 9.17) is 15.6 Å². The van der Waals surface area contributed by atoms with Gasteiger partial charge in [-0.1, -0.05) is 6.07 Å². The fourth-order valence-electron chi connectivity index (χ4n) is 2.11.